The van der Waals surface area contributed by atoms with E-state index in [0.717, 1.165) is 37.1 Å². The number of hydrogen-bond acceptors (Lipinski definition) is 5. The lowest BCUT2D eigenvalue weighted by Gasteiger charge is -2.27. The molecule has 6 nitrogen and oxygen atoms in total. The van der Waals surface area contributed by atoms with Gasteiger partial charge < -0.3 is 15.7 Å². The number of hydrogen-bond donors (Lipinski definition) is 3. The number of carbonyl (C=O) groups excluding carboxylic acids is 1. The molecule has 0 aliphatic heterocycles. The first-order chi connectivity index (χ1) is 13.5. The number of nitrogens with zero attached hydrogens (tertiary/aromatic N) is 2. The molecule has 0 unspecified atom stereocenters. The van der Waals surface area contributed by atoms with Gasteiger partial charge in [-0.15, -0.1) is 0 Å². The van der Waals surface area contributed by atoms with Crippen molar-refractivity contribution in [2.45, 2.75) is 50.7 Å². The van der Waals surface area contributed by atoms with Gasteiger partial charge in [0.05, 0.1) is 28.4 Å². The predicted molar refractivity (Wildman–Crippen MR) is 111 cm³/mol. The lowest BCUT2D eigenvalue weighted by atomic mass is 9.94. The van der Waals surface area contributed by atoms with Crippen LogP contribution in [0.2, 0.25) is 10.3 Å². The summed E-state index contributed by atoms with van der Waals surface area (Å²) in [6.07, 6.45) is 7.25. The lowest BCUT2D eigenvalue weighted by Crippen LogP contribution is -2.42. The number of nitrogens with one attached hydrogen (secondary N) is 2. The standard InChI is InChI=1S/C20H24Cl2N4O2/c21-17-6-5-14(24-12-15-7-10-23-19(22)26-15)11-16(17)18(27)25-13-20(28)8-3-1-2-4-9-20/h5-7,10-11,24,28H,1-4,8-9,12-13H2,(H,25,27). The quantitative estimate of drug-likeness (QED) is 0.479. The van der Waals surface area contributed by atoms with Crippen LogP contribution in [0.3, 0.4) is 0 Å². The van der Waals surface area contributed by atoms with Crippen molar-refractivity contribution < 1.29 is 9.90 Å². The molecule has 28 heavy (non-hydrogen) atoms. The maximum absolute atomic E-state index is 12.6. The van der Waals surface area contributed by atoms with Crippen molar-refractivity contribution in [2.75, 3.05) is 11.9 Å². The number of benzene rings is 1. The van der Waals surface area contributed by atoms with Gasteiger partial charge in [-0.05, 0) is 48.7 Å². The second-order valence-corrected chi connectivity index (χ2v) is 7.93. The van der Waals surface area contributed by atoms with Crippen molar-refractivity contribution in [3.8, 4) is 0 Å². The highest BCUT2D eigenvalue weighted by molar-refractivity contribution is 6.34. The fraction of sp³-hybridized carbons (Fsp3) is 0.450. The largest absolute Gasteiger partial charge is 0.388 e. The molecule has 1 aromatic carbocycles. The Balaban J connectivity index is 1.62. The van der Waals surface area contributed by atoms with Gasteiger partial charge in [0, 0.05) is 18.4 Å². The fourth-order valence-electron chi connectivity index (χ4n) is 3.37. The van der Waals surface area contributed by atoms with Crippen LogP contribution in [-0.4, -0.2) is 33.1 Å². The summed E-state index contributed by atoms with van der Waals surface area (Å²) in [5.74, 6) is -0.295. The topological polar surface area (TPSA) is 87.1 Å². The van der Waals surface area contributed by atoms with Crippen LogP contribution < -0.4 is 10.6 Å². The zero-order valence-corrected chi connectivity index (χ0v) is 17.1. The van der Waals surface area contributed by atoms with Crippen molar-refractivity contribution in [3.63, 3.8) is 0 Å². The molecule has 1 saturated carbocycles. The Labute approximate surface area is 174 Å². The summed E-state index contributed by atoms with van der Waals surface area (Å²) in [7, 11) is 0. The number of anilines is 1. The normalized spacial score (nSPS) is 16.2. The van der Waals surface area contributed by atoms with E-state index < -0.39 is 5.60 Å². The highest BCUT2D eigenvalue weighted by Crippen LogP contribution is 2.27. The van der Waals surface area contributed by atoms with Crippen LogP contribution in [0.4, 0.5) is 5.69 Å². The number of halogens is 2. The minimum atomic E-state index is -0.833. The molecule has 1 heterocycles. The lowest BCUT2D eigenvalue weighted by molar-refractivity contribution is 0.0246. The number of carbonyl (C=O) groups is 1. The zero-order valence-electron chi connectivity index (χ0n) is 15.5. The minimum Gasteiger partial charge on any atom is -0.388 e. The van der Waals surface area contributed by atoms with Crippen LogP contribution in [0.5, 0.6) is 0 Å². The van der Waals surface area contributed by atoms with E-state index in [1.807, 2.05) is 0 Å². The summed E-state index contributed by atoms with van der Waals surface area (Å²) in [6.45, 7) is 0.671. The average Bonchev–Trinajstić information content (AvgIpc) is 2.90. The molecular formula is C20H24Cl2N4O2. The van der Waals surface area contributed by atoms with Crippen LogP contribution in [-0.2, 0) is 6.54 Å². The Morgan fingerprint density at radius 2 is 1.89 bits per heavy atom. The Bertz CT molecular complexity index is 824. The molecule has 0 radical (unpaired) electrons. The molecular weight excluding hydrogens is 399 g/mol. The Kier molecular flexibility index (Phi) is 7.10. The van der Waals surface area contributed by atoms with E-state index in [2.05, 4.69) is 20.6 Å². The van der Waals surface area contributed by atoms with Gasteiger partial charge in [-0.2, -0.15) is 0 Å². The first kappa shape index (κ1) is 20.8. The zero-order chi connectivity index (χ0) is 20.0. The number of aromatic nitrogens is 2. The number of amides is 1. The van der Waals surface area contributed by atoms with E-state index in [0.29, 0.717) is 30.0 Å². The molecule has 8 heteroatoms. The molecule has 1 aromatic heterocycles. The number of aliphatic hydroxyl groups is 1. The van der Waals surface area contributed by atoms with Gasteiger partial charge in [0.1, 0.15) is 0 Å². The van der Waals surface area contributed by atoms with Crippen molar-refractivity contribution in [1.82, 2.24) is 15.3 Å². The molecule has 0 bridgehead atoms. The molecule has 1 fully saturated rings. The van der Waals surface area contributed by atoms with Gasteiger partial charge in [0.25, 0.3) is 5.91 Å². The summed E-state index contributed by atoms with van der Waals surface area (Å²) in [4.78, 5) is 20.6. The van der Waals surface area contributed by atoms with Crippen molar-refractivity contribution in [2.24, 2.45) is 0 Å². The van der Waals surface area contributed by atoms with E-state index in [4.69, 9.17) is 23.2 Å². The maximum atomic E-state index is 12.6. The van der Waals surface area contributed by atoms with Crippen molar-refractivity contribution in [3.05, 3.63) is 52.0 Å². The van der Waals surface area contributed by atoms with Gasteiger partial charge >= 0.3 is 0 Å². The molecule has 150 valence electrons. The maximum Gasteiger partial charge on any atom is 0.252 e. The highest BCUT2D eigenvalue weighted by Gasteiger charge is 2.28. The molecule has 3 rings (SSSR count). The number of rotatable bonds is 6. The minimum absolute atomic E-state index is 0.187. The van der Waals surface area contributed by atoms with Gasteiger partial charge in [-0.3, -0.25) is 4.79 Å². The molecule has 3 N–H and O–H groups in total. The van der Waals surface area contributed by atoms with Crippen LogP contribution >= 0.6 is 23.2 Å². The summed E-state index contributed by atoms with van der Waals surface area (Å²) < 4.78 is 0. The molecule has 2 aromatic rings. The SMILES string of the molecule is O=C(NCC1(O)CCCCCC1)c1cc(NCc2ccnc(Cl)n2)ccc1Cl. The fourth-order valence-corrected chi connectivity index (χ4v) is 3.74. The second-order valence-electron chi connectivity index (χ2n) is 7.19. The van der Waals surface area contributed by atoms with E-state index in [9.17, 15) is 9.90 Å². The Morgan fingerprint density at radius 3 is 2.61 bits per heavy atom. The monoisotopic (exact) mass is 422 g/mol. The van der Waals surface area contributed by atoms with E-state index in [-0.39, 0.29) is 17.7 Å². The van der Waals surface area contributed by atoms with E-state index in [1.165, 1.54) is 0 Å². The van der Waals surface area contributed by atoms with Crippen LogP contribution in [0.15, 0.2) is 30.5 Å². The summed E-state index contributed by atoms with van der Waals surface area (Å²) in [5.41, 5.74) is 0.999. The van der Waals surface area contributed by atoms with Gasteiger partial charge in [-0.25, -0.2) is 9.97 Å². The molecule has 0 saturated heterocycles. The second kappa shape index (κ2) is 9.54. The van der Waals surface area contributed by atoms with Crippen molar-refractivity contribution >= 4 is 34.8 Å². The van der Waals surface area contributed by atoms with Gasteiger partial charge in [-0.1, -0.05) is 37.3 Å². The summed E-state index contributed by atoms with van der Waals surface area (Å²) >= 11 is 12.0. The average molecular weight is 423 g/mol. The first-order valence-corrected chi connectivity index (χ1v) is 10.2. The summed E-state index contributed by atoms with van der Waals surface area (Å²) in [5, 5.41) is 17.3. The predicted octanol–water partition coefficient (Wildman–Crippen LogP) is 4.21. The first-order valence-electron chi connectivity index (χ1n) is 9.47. The third-order valence-electron chi connectivity index (χ3n) is 4.98. The molecule has 1 amide bonds. The van der Waals surface area contributed by atoms with E-state index >= 15 is 0 Å². The molecule has 1 aliphatic rings. The van der Waals surface area contributed by atoms with Crippen LogP contribution in [0, 0.1) is 0 Å². The Hall–Kier alpha value is -1.89. The molecule has 1 aliphatic carbocycles. The van der Waals surface area contributed by atoms with Crippen LogP contribution in [0.25, 0.3) is 0 Å². The molecule has 0 atom stereocenters. The van der Waals surface area contributed by atoms with Crippen molar-refractivity contribution in [1.29, 1.82) is 0 Å². The summed E-state index contributed by atoms with van der Waals surface area (Å²) in [6, 6.07) is 6.92. The molecule has 0 spiro atoms. The Morgan fingerprint density at radius 1 is 1.14 bits per heavy atom. The van der Waals surface area contributed by atoms with E-state index in [1.54, 1.807) is 30.5 Å². The van der Waals surface area contributed by atoms with Crippen LogP contribution in [0.1, 0.15) is 54.6 Å². The smallest absolute Gasteiger partial charge is 0.252 e. The highest BCUT2D eigenvalue weighted by atomic mass is 35.5. The van der Waals surface area contributed by atoms with Gasteiger partial charge in [0.2, 0.25) is 5.28 Å². The van der Waals surface area contributed by atoms with Gasteiger partial charge in [0.15, 0.2) is 0 Å². The third kappa shape index (κ3) is 5.80. The third-order valence-corrected chi connectivity index (χ3v) is 5.49.